The fraction of sp³-hybridized carbons (Fsp3) is 0.818. The summed E-state index contributed by atoms with van der Waals surface area (Å²) < 4.78 is 16.4. The van der Waals surface area contributed by atoms with Crippen LogP contribution in [0.4, 0.5) is 0 Å². The molecular formula is C11H17N3O3. The van der Waals surface area contributed by atoms with E-state index >= 15 is 0 Å². The molecule has 6 nitrogen and oxygen atoms in total. The zero-order valence-electron chi connectivity index (χ0n) is 9.89. The van der Waals surface area contributed by atoms with Gasteiger partial charge in [0.25, 0.3) is 0 Å². The minimum absolute atomic E-state index is 0.0844. The first-order valence-electron chi connectivity index (χ1n) is 6.12. The first kappa shape index (κ1) is 11.1. The molecule has 3 rings (SSSR count). The van der Waals surface area contributed by atoms with Crippen LogP contribution in [-0.4, -0.2) is 42.5 Å². The quantitative estimate of drug-likeness (QED) is 0.816. The lowest BCUT2D eigenvalue weighted by Crippen LogP contribution is -2.33. The van der Waals surface area contributed by atoms with E-state index in [-0.39, 0.29) is 18.1 Å². The summed E-state index contributed by atoms with van der Waals surface area (Å²) in [5.41, 5.74) is 0. The molecule has 1 N–H and O–H groups in total. The van der Waals surface area contributed by atoms with Gasteiger partial charge in [-0.3, -0.25) is 0 Å². The van der Waals surface area contributed by atoms with E-state index < -0.39 is 0 Å². The first-order valence-corrected chi connectivity index (χ1v) is 6.12. The number of nitrogens with zero attached hydrogens (tertiary/aromatic N) is 2. The summed E-state index contributed by atoms with van der Waals surface area (Å²) in [7, 11) is 0. The SMILES string of the molecule is CC1OCCC1c1nc(C2CNCCO2)no1. The standard InChI is InChI=1S/C11H17N3O3/c1-7-8(2-4-15-7)11-13-10(14-17-11)9-6-12-3-5-16-9/h7-9,12H,2-6H2,1H3. The lowest BCUT2D eigenvalue weighted by molar-refractivity contribution is 0.0208. The number of aromatic nitrogens is 2. The average Bonchev–Trinajstić information content (AvgIpc) is 2.98. The molecule has 1 aromatic rings. The van der Waals surface area contributed by atoms with Gasteiger partial charge in [-0.1, -0.05) is 5.16 Å². The Balaban J connectivity index is 1.73. The van der Waals surface area contributed by atoms with E-state index in [0.717, 1.165) is 26.1 Å². The summed E-state index contributed by atoms with van der Waals surface area (Å²) in [5.74, 6) is 1.55. The third-order valence-corrected chi connectivity index (χ3v) is 3.37. The molecule has 0 spiro atoms. The second-order valence-electron chi connectivity index (χ2n) is 4.53. The van der Waals surface area contributed by atoms with Crippen LogP contribution in [0.15, 0.2) is 4.52 Å². The van der Waals surface area contributed by atoms with Crippen molar-refractivity contribution in [1.82, 2.24) is 15.5 Å². The van der Waals surface area contributed by atoms with Gasteiger partial charge in [-0.05, 0) is 13.3 Å². The fourth-order valence-electron chi connectivity index (χ4n) is 2.32. The van der Waals surface area contributed by atoms with Crippen molar-refractivity contribution in [2.24, 2.45) is 0 Å². The second kappa shape index (κ2) is 4.72. The van der Waals surface area contributed by atoms with Crippen LogP contribution < -0.4 is 5.32 Å². The highest BCUT2D eigenvalue weighted by Gasteiger charge is 2.32. The van der Waals surface area contributed by atoms with Gasteiger partial charge in [0.2, 0.25) is 11.7 Å². The molecule has 3 atom stereocenters. The zero-order valence-corrected chi connectivity index (χ0v) is 9.89. The highest BCUT2D eigenvalue weighted by Crippen LogP contribution is 2.30. The molecule has 0 bridgehead atoms. The maximum atomic E-state index is 5.59. The molecule has 1 aromatic heterocycles. The Kier molecular flexibility index (Phi) is 3.09. The smallest absolute Gasteiger partial charge is 0.232 e. The summed E-state index contributed by atoms with van der Waals surface area (Å²) in [4.78, 5) is 4.44. The predicted octanol–water partition coefficient (Wildman–Crippen LogP) is 0.623. The van der Waals surface area contributed by atoms with Gasteiger partial charge >= 0.3 is 0 Å². The molecule has 3 unspecified atom stereocenters. The number of hydrogen-bond acceptors (Lipinski definition) is 6. The van der Waals surface area contributed by atoms with Crippen molar-refractivity contribution in [1.29, 1.82) is 0 Å². The molecule has 0 aromatic carbocycles. The van der Waals surface area contributed by atoms with Gasteiger partial charge in [0.15, 0.2) is 0 Å². The van der Waals surface area contributed by atoms with Crippen molar-refractivity contribution < 1.29 is 14.0 Å². The van der Waals surface area contributed by atoms with Crippen molar-refractivity contribution in [2.45, 2.75) is 31.5 Å². The van der Waals surface area contributed by atoms with Gasteiger partial charge in [-0.15, -0.1) is 0 Å². The normalized spacial score (nSPS) is 34.1. The highest BCUT2D eigenvalue weighted by molar-refractivity contribution is 5.01. The van der Waals surface area contributed by atoms with Gasteiger partial charge in [-0.2, -0.15) is 4.98 Å². The van der Waals surface area contributed by atoms with E-state index in [1.165, 1.54) is 0 Å². The van der Waals surface area contributed by atoms with Gasteiger partial charge in [0, 0.05) is 19.7 Å². The fourth-order valence-corrected chi connectivity index (χ4v) is 2.32. The van der Waals surface area contributed by atoms with E-state index in [0.29, 0.717) is 18.3 Å². The number of morpholine rings is 1. The van der Waals surface area contributed by atoms with Gasteiger partial charge in [0.05, 0.1) is 18.6 Å². The van der Waals surface area contributed by atoms with Crippen LogP contribution in [0.1, 0.15) is 37.1 Å². The average molecular weight is 239 g/mol. The van der Waals surface area contributed by atoms with Crippen molar-refractivity contribution in [3.05, 3.63) is 11.7 Å². The van der Waals surface area contributed by atoms with Crippen LogP contribution in [0, 0.1) is 0 Å². The van der Waals surface area contributed by atoms with Crippen LogP contribution >= 0.6 is 0 Å². The Bertz CT molecular complexity index is 376. The lowest BCUT2D eigenvalue weighted by atomic mass is 10.0. The molecule has 0 saturated carbocycles. The largest absolute Gasteiger partial charge is 0.378 e. The summed E-state index contributed by atoms with van der Waals surface area (Å²) in [6.07, 6.45) is 1.03. The summed E-state index contributed by atoms with van der Waals surface area (Å²) in [5, 5.41) is 7.26. The molecule has 2 fully saturated rings. The van der Waals surface area contributed by atoms with Crippen LogP contribution in [0.25, 0.3) is 0 Å². The molecule has 3 heterocycles. The Morgan fingerprint density at radius 3 is 2.94 bits per heavy atom. The summed E-state index contributed by atoms with van der Waals surface area (Å²) in [6.45, 7) is 5.13. The summed E-state index contributed by atoms with van der Waals surface area (Å²) in [6, 6.07) is 0. The van der Waals surface area contributed by atoms with Crippen LogP contribution in [0.5, 0.6) is 0 Å². The Hall–Kier alpha value is -0.980. The number of nitrogens with one attached hydrogen (secondary N) is 1. The lowest BCUT2D eigenvalue weighted by Gasteiger charge is -2.20. The maximum absolute atomic E-state index is 5.59. The Labute approximate surface area is 99.7 Å². The van der Waals surface area contributed by atoms with Crippen LogP contribution in [0.2, 0.25) is 0 Å². The monoisotopic (exact) mass is 239 g/mol. The molecule has 2 aliphatic rings. The van der Waals surface area contributed by atoms with Crippen LogP contribution in [0.3, 0.4) is 0 Å². The van der Waals surface area contributed by atoms with E-state index in [1.807, 2.05) is 6.92 Å². The Morgan fingerprint density at radius 2 is 2.24 bits per heavy atom. The third kappa shape index (κ3) is 2.20. The van der Waals surface area contributed by atoms with Crippen molar-refractivity contribution in [3.8, 4) is 0 Å². The first-order chi connectivity index (χ1) is 8.34. The molecule has 2 aliphatic heterocycles. The van der Waals surface area contributed by atoms with E-state index in [2.05, 4.69) is 15.5 Å². The molecule has 2 saturated heterocycles. The highest BCUT2D eigenvalue weighted by atomic mass is 16.5. The molecule has 0 radical (unpaired) electrons. The molecule has 0 amide bonds. The Morgan fingerprint density at radius 1 is 1.29 bits per heavy atom. The van der Waals surface area contributed by atoms with Crippen LogP contribution in [-0.2, 0) is 9.47 Å². The molecule has 0 aliphatic carbocycles. The third-order valence-electron chi connectivity index (χ3n) is 3.37. The number of ether oxygens (including phenoxy) is 2. The van der Waals surface area contributed by atoms with Crippen molar-refractivity contribution >= 4 is 0 Å². The minimum Gasteiger partial charge on any atom is -0.378 e. The molecule has 94 valence electrons. The van der Waals surface area contributed by atoms with E-state index in [9.17, 15) is 0 Å². The maximum Gasteiger partial charge on any atom is 0.232 e. The van der Waals surface area contributed by atoms with Crippen molar-refractivity contribution in [3.63, 3.8) is 0 Å². The molecular weight excluding hydrogens is 222 g/mol. The molecule has 17 heavy (non-hydrogen) atoms. The van der Waals surface area contributed by atoms with Gasteiger partial charge in [0.1, 0.15) is 6.10 Å². The van der Waals surface area contributed by atoms with Gasteiger partial charge in [-0.25, -0.2) is 0 Å². The number of hydrogen-bond donors (Lipinski definition) is 1. The minimum atomic E-state index is -0.0844. The van der Waals surface area contributed by atoms with E-state index in [4.69, 9.17) is 14.0 Å². The predicted molar refractivity (Wildman–Crippen MR) is 58.6 cm³/mol. The van der Waals surface area contributed by atoms with Gasteiger partial charge < -0.3 is 19.3 Å². The van der Waals surface area contributed by atoms with Crippen molar-refractivity contribution in [2.75, 3.05) is 26.3 Å². The summed E-state index contributed by atoms with van der Waals surface area (Å²) >= 11 is 0. The number of rotatable bonds is 2. The second-order valence-corrected chi connectivity index (χ2v) is 4.53. The topological polar surface area (TPSA) is 69.4 Å². The molecule has 6 heteroatoms. The van der Waals surface area contributed by atoms with E-state index in [1.54, 1.807) is 0 Å². The zero-order chi connectivity index (χ0) is 11.7.